The summed E-state index contributed by atoms with van der Waals surface area (Å²) in [6.07, 6.45) is 5.65. The van der Waals surface area contributed by atoms with Crippen LogP contribution in [-0.2, 0) is 4.79 Å². The van der Waals surface area contributed by atoms with E-state index in [0.717, 1.165) is 38.8 Å². The van der Waals surface area contributed by atoms with Gasteiger partial charge >= 0.3 is 0 Å². The van der Waals surface area contributed by atoms with Crippen molar-refractivity contribution < 1.29 is 9.90 Å². The molecule has 18 heavy (non-hydrogen) atoms. The Balaban J connectivity index is 2.81. The minimum Gasteiger partial charge on any atom is -0.395 e. The molecule has 0 aromatic heterocycles. The number of hydrogen-bond acceptors (Lipinski definition) is 3. The average Bonchev–Trinajstić information content (AvgIpc) is 2.39. The van der Waals surface area contributed by atoms with E-state index in [9.17, 15) is 4.79 Å². The highest BCUT2D eigenvalue weighted by Crippen LogP contribution is 2.33. The van der Waals surface area contributed by atoms with Crippen LogP contribution in [0.15, 0.2) is 12.7 Å². The number of hydrogen-bond donors (Lipinski definition) is 2. The molecule has 1 rings (SSSR count). The van der Waals surface area contributed by atoms with Crippen molar-refractivity contribution >= 4 is 5.91 Å². The van der Waals surface area contributed by atoms with Gasteiger partial charge in [0.25, 0.3) is 0 Å². The predicted molar refractivity (Wildman–Crippen MR) is 73.3 cm³/mol. The molecular formula is C14H26N2O2. The molecule has 0 bridgehead atoms. The van der Waals surface area contributed by atoms with Gasteiger partial charge < -0.3 is 15.3 Å². The minimum atomic E-state index is -0.273. The molecule has 2 N–H and O–H groups in total. The molecule has 0 aliphatic carbocycles. The summed E-state index contributed by atoms with van der Waals surface area (Å²) >= 11 is 0. The van der Waals surface area contributed by atoms with E-state index in [1.54, 1.807) is 11.0 Å². The number of aliphatic hydroxyl groups is 1. The second-order valence-corrected chi connectivity index (χ2v) is 5.07. The van der Waals surface area contributed by atoms with Crippen LogP contribution >= 0.6 is 0 Å². The van der Waals surface area contributed by atoms with E-state index in [4.69, 9.17) is 5.11 Å². The molecule has 1 saturated heterocycles. The molecule has 0 aromatic carbocycles. The summed E-state index contributed by atoms with van der Waals surface area (Å²) in [4.78, 5) is 14.4. The second-order valence-electron chi connectivity index (χ2n) is 5.07. The quantitative estimate of drug-likeness (QED) is 0.670. The van der Waals surface area contributed by atoms with Gasteiger partial charge in [-0.25, -0.2) is 0 Å². The van der Waals surface area contributed by atoms with E-state index in [1.165, 1.54) is 0 Å². The molecule has 0 saturated carbocycles. The van der Waals surface area contributed by atoms with Crippen LogP contribution in [0.1, 0.15) is 32.6 Å². The molecule has 4 heteroatoms. The van der Waals surface area contributed by atoms with E-state index in [1.807, 2.05) is 0 Å². The van der Waals surface area contributed by atoms with Gasteiger partial charge in [-0.05, 0) is 25.8 Å². The summed E-state index contributed by atoms with van der Waals surface area (Å²) in [7, 11) is 0. The fraction of sp³-hybridized carbons (Fsp3) is 0.786. The Morgan fingerprint density at radius 1 is 1.61 bits per heavy atom. The summed E-state index contributed by atoms with van der Waals surface area (Å²) in [6, 6.07) is 0. The first-order valence-electron chi connectivity index (χ1n) is 6.92. The molecule has 1 aliphatic heterocycles. The van der Waals surface area contributed by atoms with Gasteiger partial charge in [0.2, 0.25) is 5.91 Å². The molecule has 1 atom stereocenters. The zero-order chi connectivity index (χ0) is 13.4. The van der Waals surface area contributed by atoms with E-state index < -0.39 is 0 Å². The van der Waals surface area contributed by atoms with Gasteiger partial charge in [0.1, 0.15) is 0 Å². The Bertz CT molecular complexity index is 267. The topological polar surface area (TPSA) is 52.6 Å². The molecule has 4 nitrogen and oxygen atoms in total. The van der Waals surface area contributed by atoms with Crippen molar-refractivity contribution in [2.24, 2.45) is 5.41 Å². The van der Waals surface area contributed by atoms with Crippen molar-refractivity contribution in [3.05, 3.63) is 12.7 Å². The monoisotopic (exact) mass is 254 g/mol. The van der Waals surface area contributed by atoms with Crippen molar-refractivity contribution in [1.29, 1.82) is 0 Å². The molecule has 1 heterocycles. The summed E-state index contributed by atoms with van der Waals surface area (Å²) in [5.41, 5.74) is -0.273. The van der Waals surface area contributed by atoms with Gasteiger partial charge in [-0.3, -0.25) is 4.79 Å². The maximum Gasteiger partial charge on any atom is 0.230 e. The summed E-state index contributed by atoms with van der Waals surface area (Å²) in [5.74, 6) is 0.172. The van der Waals surface area contributed by atoms with Crippen molar-refractivity contribution in [2.75, 3.05) is 32.8 Å². The smallest absolute Gasteiger partial charge is 0.230 e. The maximum absolute atomic E-state index is 12.7. The van der Waals surface area contributed by atoms with E-state index >= 15 is 0 Å². The molecule has 0 aromatic rings. The van der Waals surface area contributed by atoms with Crippen LogP contribution in [0.5, 0.6) is 0 Å². The Hall–Kier alpha value is -0.870. The summed E-state index contributed by atoms with van der Waals surface area (Å²) in [5, 5.41) is 12.4. The number of carbonyl (C=O) groups is 1. The minimum absolute atomic E-state index is 0.00914. The molecule has 1 aliphatic rings. The van der Waals surface area contributed by atoms with Crippen molar-refractivity contribution in [3.8, 4) is 0 Å². The fourth-order valence-corrected chi connectivity index (χ4v) is 2.84. The molecular weight excluding hydrogens is 228 g/mol. The zero-order valence-electron chi connectivity index (χ0n) is 11.5. The third-order valence-electron chi connectivity index (χ3n) is 3.66. The molecule has 1 amide bonds. The first-order valence-corrected chi connectivity index (χ1v) is 6.92. The standard InChI is InChI=1S/C14H26N2O2/c1-3-6-14(7-5-8-15-12-14)13(18)16(9-4-2)10-11-17/h4,15,17H,2-3,5-12H2,1H3. The van der Waals surface area contributed by atoms with Crippen LogP contribution in [0.3, 0.4) is 0 Å². The number of rotatable bonds is 7. The summed E-state index contributed by atoms with van der Waals surface area (Å²) in [6.45, 7) is 8.50. The second kappa shape index (κ2) is 7.54. The molecule has 1 fully saturated rings. The lowest BCUT2D eigenvalue weighted by atomic mass is 9.75. The van der Waals surface area contributed by atoms with Crippen LogP contribution in [0, 0.1) is 5.41 Å². The van der Waals surface area contributed by atoms with Gasteiger partial charge in [0, 0.05) is 19.6 Å². The van der Waals surface area contributed by atoms with Crippen LogP contribution in [-0.4, -0.2) is 48.7 Å². The predicted octanol–water partition coefficient (Wildman–Crippen LogP) is 1.16. The Morgan fingerprint density at radius 2 is 2.39 bits per heavy atom. The molecule has 0 spiro atoms. The highest BCUT2D eigenvalue weighted by atomic mass is 16.3. The highest BCUT2D eigenvalue weighted by molar-refractivity contribution is 5.83. The molecule has 1 unspecified atom stereocenters. The highest BCUT2D eigenvalue weighted by Gasteiger charge is 2.40. The third-order valence-corrected chi connectivity index (χ3v) is 3.66. The van der Waals surface area contributed by atoms with E-state index in [0.29, 0.717) is 13.1 Å². The Morgan fingerprint density at radius 3 is 2.89 bits per heavy atom. The van der Waals surface area contributed by atoms with E-state index in [-0.39, 0.29) is 17.9 Å². The number of amides is 1. The Labute approximate surface area is 110 Å². The van der Waals surface area contributed by atoms with Gasteiger partial charge in [0.05, 0.1) is 12.0 Å². The number of carbonyl (C=O) groups excluding carboxylic acids is 1. The molecule has 104 valence electrons. The van der Waals surface area contributed by atoms with Gasteiger partial charge in [-0.15, -0.1) is 6.58 Å². The van der Waals surface area contributed by atoms with Gasteiger partial charge in [0.15, 0.2) is 0 Å². The third kappa shape index (κ3) is 3.56. The fourth-order valence-electron chi connectivity index (χ4n) is 2.84. The van der Waals surface area contributed by atoms with Crippen LogP contribution in [0.2, 0.25) is 0 Å². The van der Waals surface area contributed by atoms with Crippen LogP contribution in [0.25, 0.3) is 0 Å². The summed E-state index contributed by atoms with van der Waals surface area (Å²) < 4.78 is 0. The van der Waals surface area contributed by atoms with Gasteiger partial charge in [-0.2, -0.15) is 0 Å². The molecule has 0 radical (unpaired) electrons. The first kappa shape index (κ1) is 15.2. The number of nitrogens with zero attached hydrogens (tertiary/aromatic N) is 1. The zero-order valence-corrected chi connectivity index (χ0v) is 11.5. The number of piperidine rings is 1. The SMILES string of the molecule is C=CCN(CCO)C(=O)C1(CCC)CCCNC1. The largest absolute Gasteiger partial charge is 0.395 e. The normalized spacial score (nSPS) is 23.7. The van der Waals surface area contributed by atoms with E-state index in [2.05, 4.69) is 18.8 Å². The van der Waals surface area contributed by atoms with Crippen molar-refractivity contribution in [2.45, 2.75) is 32.6 Å². The van der Waals surface area contributed by atoms with Gasteiger partial charge in [-0.1, -0.05) is 19.4 Å². The lowest BCUT2D eigenvalue weighted by Crippen LogP contribution is -2.52. The van der Waals surface area contributed by atoms with Crippen molar-refractivity contribution in [1.82, 2.24) is 10.2 Å². The maximum atomic E-state index is 12.7. The average molecular weight is 254 g/mol. The lowest BCUT2D eigenvalue weighted by Gasteiger charge is -2.39. The number of aliphatic hydroxyl groups excluding tert-OH is 1. The van der Waals surface area contributed by atoms with Crippen LogP contribution in [0.4, 0.5) is 0 Å². The van der Waals surface area contributed by atoms with Crippen molar-refractivity contribution in [3.63, 3.8) is 0 Å². The lowest BCUT2D eigenvalue weighted by molar-refractivity contribution is -0.143. The van der Waals surface area contributed by atoms with Crippen LogP contribution < -0.4 is 5.32 Å². The Kier molecular flexibility index (Phi) is 6.36. The first-order chi connectivity index (χ1) is 8.70. The number of nitrogens with one attached hydrogen (secondary N) is 1.